The summed E-state index contributed by atoms with van der Waals surface area (Å²) in [6.07, 6.45) is 0. The van der Waals surface area contributed by atoms with Crippen molar-refractivity contribution >= 4 is 46.6 Å². The number of carbonyl (C=O) groups is 2. The standard InChI is InChI=1S/C18H18ClF2N3O2S/c1-24(10-16(25)22-13-4-2-12(19)3-5-13)11-17(26)23-14-6-8-15(9-7-14)27-18(20)21/h2-9,18H,10-11H2,1H3,(H,22,25)(H,23,26)/p+1. The number of hydrogen-bond donors (Lipinski definition) is 3. The molecule has 0 saturated carbocycles. The first-order chi connectivity index (χ1) is 12.8. The molecule has 0 aliphatic carbocycles. The Morgan fingerprint density at radius 3 is 1.85 bits per heavy atom. The monoisotopic (exact) mass is 414 g/mol. The van der Waals surface area contributed by atoms with Gasteiger partial charge in [0.1, 0.15) is 0 Å². The maximum atomic E-state index is 12.3. The summed E-state index contributed by atoms with van der Waals surface area (Å²) >= 11 is 6.23. The highest BCUT2D eigenvalue weighted by Gasteiger charge is 2.15. The summed E-state index contributed by atoms with van der Waals surface area (Å²) in [5.74, 6) is -2.99. The van der Waals surface area contributed by atoms with Crippen LogP contribution in [0.25, 0.3) is 0 Å². The van der Waals surface area contributed by atoms with Crippen molar-refractivity contribution in [2.24, 2.45) is 0 Å². The van der Waals surface area contributed by atoms with E-state index in [0.29, 0.717) is 38.0 Å². The lowest BCUT2D eigenvalue weighted by Gasteiger charge is -2.14. The number of likely N-dealkylation sites (N-methyl/N-ethyl adjacent to an activating group) is 1. The van der Waals surface area contributed by atoms with E-state index in [9.17, 15) is 18.4 Å². The van der Waals surface area contributed by atoms with Gasteiger partial charge in [0.15, 0.2) is 13.1 Å². The number of hydrogen-bond acceptors (Lipinski definition) is 3. The Kier molecular flexibility index (Phi) is 8.02. The molecule has 27 heavy (non-hydrogen) atoms. The molecule has 0 fully saturated rings. The van der Waals surface area contributed by atoms with Crippen LogP contribution in [0, 0.1) is 0 Å². The second-order valence-corrected chi connectivity index (χ2v) is 7.32. The fraction of sp³-hybridized carbons (Fsp3) is 0.222. The molecule has 0 aromatic heterocycles. The first-order valence-corrected chi connectivity index (χ1v) is 9.29. The summed E-state index contributed by atoms with van der Waals surface area (Å²) in [6, 6.07) is 12.9. The number of alkyl halides is 2. The number of nitrogens with one attached hydrogen (secondary N) is 3. The predicted octanol–water partition coefficient (Wildman–Crippen LogP) is 2.75. The number of benzene rings is 2. The Bertz CT molecular complexity index is 773. The third-order valence-corrected chi connectivity index (χ3v) is 4.39. The minimum Gasteiger partial charge on any atom is -0.322 e. The van der Waals surface area contributed by atoms with E-state index < -0.39 is 5.76 Å². The quantitative estimate of drug-likeness (QED) is 0.582. The number of thioether (sulfide) groups is 1. The largest absolute Gasteiger partial charge is 0.322 e. The molecule has 144 valence electrons. The molecule has 2 aromatic carbocycles. The van der Waals surface area contributed by atoms with Gasteiger partial charge in [0.2, 0.25) is 0 Å². The Morgan fingerprint density at radius 2 is 1.41 bits per heavy atom. The molecule has 2 aromatic rings. The summed E-state index contributed by atoms with van der Waals surface area (Å²) in [4.78, 5) is 25.2. The van der Waals surface area contributed by atoms with Gasteiger partial charge in [-0.05, 0) is 48.5 Å². The van der Waals surface area contributed by atoms with E-state index in [0.717, 1.165) is 0 Å². The van der Waals surface area contributed by atoms with Crippen molar-refractivity contribution < 1.29 is 23.3 Å². The highest BCUT2D eigenvalue weighted by atomic mass is 35.5. The smallest absolute Gasteiger partial charge is 0.288 e. The zero-order valence-electron chi connectivity index (χ0n) is 14.5. The summed E-state index contributed by atoms with van der Waals surface area (Å²) < 4.78 is 24.6. The molecule has 1 atom stereocenters. The lowest BCUT2D eigenvalue weighted by molar-refractivity contribution is -0.862. The van der Waals surface area contributed by atoms with Gasteiger partial charge in [0, 0.05) is 21.3 Å². The van der Waals surface area contributed by atoms with Crippen LogP contribution < -0.4 is 15.5 Å². The van der Waals surface area contributed by atoms with E-state index in [-0.39, 0.29) is 24.9 Å². The van der Waals surface area contributed by atoms with Crippen molar-refractivity contribution in [2.45, 2.75) is 10.7 Å². The van der Waals surface area contributed by atoms with Crippen LogP contribution in [-0.4, -0.2) is 37.7 Å². The number of carbonyl (C=O) groups excluding carboxylic acids is 2. The molecule has 9 heteroatoms. The zero-order valence-corrected chi connectivity index (χ0v) is 16.0. The third-order valence-electron chi connectivity index (χ3n) is 3.42. The van der Waals surface area contributed by atoms with Crippen LogP contribution in [0.3, 0.4) is 0 Å². The molecular weight excluding hydrogens is 396 g/mol. The molecular formula is C18H19ClF2N3O2S+. The van der Waals surface area contributed by atoms with Gasteiger partial charge in [0.25, 0.3) is 17.6 Å². The van der Waals surface area contributed by atoms with Gasteiger partial charge in [-0.15, -0.1) is 0 Å². The van der Waals surface area contributed by atoms with Gasteiger partial charge < -0.3 is 15.5 Å². The topological polar surface area (TPSA) is 62.6 Å². The Balaban J connectivity index is 1.77. The SMILES string of the molecule is C[NH+](CC(=O)Nc1ccc(Cl)cc1)CC(=O)Nc1ccc(SC(F)F)cc1. The maximum absolute atomic E-state index is 12.3. The minimum atomic E-state index is -2.48. The predicted molar refractivity (Wildman–Crippen MR) is 104 cm³/mol. The van der Waals surface area contributed by atoms with E-state index in [2.05, 4.69) is 10.6 Å². The van der Waals surface area contributed by atoms with E-state index in [1.807, 2.05) is 0 Å². The molecule has 0 saturated heterocycles. The van der Waals surface area contributed by atoms with E-state index in [4.69, 9.17) is 11.6 Å². The molecule has 2 amide bonds. The fourth-order valence-electron chi connectivity index (χ4n) is 2.27. The number of anilines is 2. The molecule has 0 aliphatic rings. The molecule has 5 nitrogen and oxygen atoms in total. The van der Waals surface area contributed by atoms with Crippen molar-refractivity contribution in [3.8, 4) is 0 Å². The average molecular weight is 415 g/mol. The molecule has 0 heterocycles. The average Bonchev–Trinajstić information content (AvgIpc) is 2.58. The molecule has 0 aliphatic heterocycles. The third kappa shape index (κ3) is 7.94. The highest BCUT2D eigenvalue weighted by Crippen LogP contribution is 2.26. The van der Waals surface area contributed by atoms with Gasteiger partial charge in [-0.3, -0.25) is 9.59 Å². The summed E-state index contributed by atoms with van der Waals surface area (Å²) in [5, 5.41) is 5.99. The van der Waals surface area contributed by atoms with Gasteiger partial charge in [-0.1, -0.05) is 23.4 Å². The number of amides is 2. The van der Waals surface area contributed by atoms with Gasteiger partial charge in [-0.25, -0.2) is 0 Å². The first kappa shape index (κ1) is 21.1. The number of rotatable bonds is 8. The lowest BCUT2D eigenvalue weighted by atomic mass is 10.3. The summed E-state index contributed by atoms with van der Waals surface area (Å²) in [7, 11) is 1.73. The highest BCUT2D eigenvalue weighted by molar-refractivity contribution is 7.99. The number of quaternary nitrogens is 1. The van der Waals surface area contributed by atoms with Crippen LogP contribution >= 0.6 is 23.4 Å². The zero-order chi connectivity index (χ0) is 19.8. The van der Waals surface area contributed by atoms with Crippen LogP contribution in [-0.2, 0) is 9.59 Å². The van der Waals surface area contributed by atoms with Crippen molar-refractivity contribution in [3.63, 3.8) is 0 Å². The van der Waals surface area contributed by atoms with Crippen LogP contribution in [0.1, 0.15) is 0 Å². The second kappa shape index (κ2) is 10.2. The van der Waals surface area contributed by atoms with Gasteiger partial charge >= 0.3 is 0 Å². The minimum absolute atomic E-state index is 0.0849. The molecule has 0 spiro atoms. The van der Waals surface area contributed by atoms with Crippen LogP contribution in [0.4, 0.5) is 20.2 Å². The Morgan fingerprint density at radius 1 is 0.963 bits per heavy atom. The van der Waals surface area contributed by atoms with Crippen LogP contribution in [0.2, 0.25) is 5.02 Å². The van der Waals surface area contributed by atoms with E-state index >= 15 is 0 Å². The number of halogens is 3. The maximum Gasteiger partial charge on any atom is 0.288 e. The lowest BCUT2D eigenvalue weighted by Crippen LogP contribution is -3.11. The van der Waals surface area contributed by atoms with Crippen LogP contribution in [0.15, 0.2) is 53.4 Å². The fourth-order valence-corrected chi connectivity index (χ4v) is 2.90. The van der Waals surface area contributed by atoms with Gasteiger partial charge in [-0.2, -0.15) is 8.78 Å². The van der Waals surface area contributed by atoms with E-state index in [1.165, 1.54) is 12.1 Å². The van der Waals surface area contributed by atoms with Gasteiger partial charge in [0.05, 0.1) is 7.05 Å². The van der Waals surface area contributed by atoms with Crippen molar-refractivity contribution in [1.82, 2.24) is 0 Å². The Hall–Kier alpha value is -2.16. The molecule has 0 radical (unpaired) electrons. The molecule has 1 unspecified atom stereocenters. The molecule has 2 rings (SSSR count). The second-order valence-electron chi connectivity index (χ2n) is 5.82. The molecule has 3 N–H and O–H groups in total. The molecule has 0 bridgehead atoms. The first-order valence-electron chi connectivity index (χ1n) is 8.03. The normalized spacial score (nSPS) is 11.9. The summed E-state index contributed by atoms with van der Waals surface area (Å²) in [5.41, 5.74) is 1.14. The van der Waals surface area contributed by atoms with Crippen molar-refractivity contribution in [3.05, 3.63) is 53.6 Å². The summed E-state index contributed by atoms with van der Waals surface area (Å²) in [6.45, 7) is 0.196. The van der Waals surface area contributed by atoms with Crippen molar-refractivity contribution in [2.75, 3.05) is 30.8 Å². The van der Waals surface area contributed by atoms with E-state index in [1.54, 1.807) is 43.4 Å². The van der Waals surface area contributed by atoms with Crippen molar-refractivity contribution in [1.29, 1.82) is 0 Å². The van der Waals surface area contributed by atoms with Crippen LogP contribution in [0.5, 0.6) is 0 Å². The Labute approximate surface area is 165 Å².